The molecule has 0 aliphatic rings. The minimum absolute atomic E-state index is 0.307. The monoisotopic (exact) mass is 453 g/mol. The molecule has 1 heterocycles. The molecular formula is C24H28ClN5O2. The molecule has 0 atom stereocenters. The predicted molar refractivity (Wildman–Crippen MR) is 129 cm³/mol. The van der Waals surface area contributed by atoms with E-state index in [0.717, 1.165) is 29.1 Å². The number of nitrogens with one attached hydrogen (secondary N) is 2. The van der Waals surface area contributed by atoms with Crippen molar-refractivity contribution in [2.75, 3.05) is 12.4 Å². The molecule has 2 N–H and O–H groups in total. The molecule has 2 aromatic carbocycles. The van der Waals surface area contributed by atoms with Crippen molar-refractivity contribution in [3.8, 4) is 5.75 Å². The van der Waals surface area contributed by atoms with Crippen LogP contribution in [-0.2, 0) is 13.1 Å². The van der Waals surface area contributed by atoms with Gasteiger partial charge < -0.3 is 10.1 Å². The molecule has 0 spiro atoms. The van der Waals surface area contributed by atoms with Crippen LogP contribution in [0.2, 0.25) is 5.02 Å². The van der Waals surface area contributed by atoms with Gasteiger partial charge in [-0.2, -0.15) is 5.10 Å². The number of carbonyl (C=O) groups excluding carboxylic acids is 1. The number of hydrogen-bond donors (Lipinski definition) is 2. The summed E-state index contributed by atoms with van der Waals surface area (Å²) in [6.45, 7) is 9.17. The van der Waals surface area contributed by atoms with E-state index >= 15 is 0 Å². The van der Waals surface area contributed by atoms with Gasteiger partial charge in [-0.3, -0.25) is 14.8 Å². The van der Waals surface area contributed by atoms with Crippen LogP contribution in [0.25, 0.3) is 0 Å². The highest BCUT2D eigenvalue weighted by Gasteiger charge is 2.14. The van der Waals surface area contributed by atoms with Gasteiger partial charge in [0.25, 0.3) is 5.91 Å². The highest BCUT2D eigenvalue weighted by Crippen LogP contribution is 2.25. The number of aliphatic imine (C=N–C) groups is 1. The number of hydrogen-bond acceptors (Lipinski definition) is 4. The first-order valence-corrected chi connectivity index (χ1v) is 10.8. The smallest absolute Gasteiger partial charge is 0.258 e. The molecular weight excluding hydrogens is 426 g/mol. The van der Waals surface area contributed by atoms with Gasteiger partial charge >= 0.3 is 0 Å². The number of anilines is 1. The van der Waals surface area contributed by atoms with Crippen LogP contribution in [0.1, 0.15) is 39.8 Å². The van der Waals surface area contributed by atoms with Gasteiger partial charge in [-0.05, 0) is 63.6 Å². The number of carbonyl (C=O) groups is 1. The lowest BCUT2D eigenvalue weighted by atomic mass is 10.2. The predicted octanol–water partition coefficient (Wildman–Crippen LogP) is 4.89. The standard InChI is InChI=1S/C24H28ClN5O2/c1-6-30-17(4)20(16(3)29-30)14-26-24(27-21-12-15(2)10-11-22(21)32-5)28-23(31)18-8-7-9-19(25)13-18/h7-13H,6,14H2,1-5H3,(H2,26,27,28,31). The zero-order valence-electron chi connectivity index (χ0n) is 19.0. The fourth-order valence-corrected chi connectivity index (χ4v) is 3.59. The molecule has 0 unspecified atom stereocenters. The molecule has 0 saturated heterocycles. The number of aromatic nitrogens is 2. The van der Waals surface area contributed by atoms with Crippen LogP contribution in [0.15, 0.2) is 47.5 Å². The van der Waals surface area contributed by atoms with Crippen molar-refractivity contribution < 1.29 is 9.53 Å². The SMILES string of the molecule is CCn1nc(C)c(CN=C(NC(=O)c2cccc(Cl)c2)Nc2cc(C)ccc2OC)c1C. The van der Waals surface area contributed by atoms with E-state index in [0.29, 0.717) is 34.5 Å². The van der Waals surface area contributed by atoms with Crippen LogP contribution in [0.3, 0.4) is 0 Å². The summed E-state index contributed by atoms with van der Waals surface area (Å²) < 4.78 is 7.41. The van der Waals surface area contributed by atoms with Crippen LogP contribution in [-0.4, -0.2) is 28.8 Å². The number of halogens is 1. The number of rotatable bonds is 6. The molecule has 0 radical (unpaired) electrons. The highest BCUT2D eigenvalue weighted by molar-refractivity contribution is 6.31. The number of amides is 1. The Morgan fingerprint density at radius 3 is 2.62 bits per heavy atom. The fourth-order valence-electron chi connectivity index (χ4n) is 3.40. The van der Waals surface area contributed by atoms with Gasteiger partial charge in [-0.15, -0.1) is 0 Å². The van der Waals surface area contributed by atoms with E-state index < -0.39 is 0 Å². The quantitative estimate of drug-likeness (QED) is 0.411. The van der Waals surface area contributed by atoms with Crippen molar-refractivity contribution in [2.45, 2.75) is 40.8 Å². The number of aryl methyl sites for hydroxylation is 3. The molecule has 1 amide bonds. The number of nitrogens with zero attached hydrogens (tertiary/aromatic N) is 3. The number of benzene rings is 2. The molecule has 3 rings (SSSR count). The average molecular weight is 454 g/mol. The minimum atomic E-state index is -0.317. The van der Waals surface area contributed by atoms with E-state index in [-0.39, 0.29) is 5.91 Å². The third kappa shape index (κ3) is 5.48. The summed E-state index contributed by atoms with van der Waals surface area (Å²) in [7, 11) is 1.60. The molecule has 1 aromatic heterocycles. The first kappa shape index (κ1) is 23.3. The normalized spacial score (nSPS) is 11.4. The maximum Gasteiger partial charge on any atom is 0.258 e. The van der Waals surface area contributed by atoms with Gasteiger partial charge in [0, 0.05) is 28.4 Å². The van der Waals surface area contributed by atoms with Crippen molar-refractivity contribution in [2.24, 2.45) is 4.99 Å². The van der Waals surface area contributed by atoms with E-state index in [1.165, 1.54) is 0 Å². The zero-order chi connectivity index (χ0) is 23.3. The number of methoxy groups -OCH3 is 1. The molecule has 32 heavy (non-hydrogen) atoms. The summed E-state index contributed by atoms with van der Waals surface area (Å²) in [5, 5.41) is 11.1. The Hall–Kier alpha value is -3.32. The molecule has 0 saturated carbocycles. The molecule has 0 aliphatic heterocycles. The Kier molecular flexibility index (Phi) is 7.53. The first-order valence-electron chi connectivity index (χ1n) is 10.4. The van der Waals surface area contributed by atoms with Crippen molar-refractivity contribution in [3.63, 3.8) is 0 Å². The Morgan fingerprint density at radius 2 is 1.97 bits per heavy atom. The second-order valence-corrected chi connectivity index (χ2v) is 7.86. The fraction of sp³-hybridized carbons (Fsp3) is 0.292. The Labute approximate surface area is 193 Å². The third-order valence-electron chi connectivity index (χ3n) is 5.15. The van der Waals surface area contributed by atoms with Crippen LogP contribution in [0, 0.1) is 20.8 Å². The average Bonchev–Trinajstić information content (AvgIpc) is 3.04. The molecule has 0 bridgehead atoms. The van der Waals surface area contributed by atoms with Gasteiger partial charge in [-0.25, -0.2) is 4.99 Å². The van der Waals surface area contributed by atoms with E-state index in [4.69, 9.17) is 16.3 Å². The Balaban J connectivity index is 1.93. The number of guanidine groups is 1. The van der Waals surface area contributed by atoms with Gasteiger partial charge in [0.05, 0.1) is 25.0 Å². The molecule has 3 aromatic rings. The summed E-state index contributed by atoms with van der Waals surface area (Å²) in [4.78, 5) is 17.6. The molecule has 0 fully saturated rings. The largest absolute Gasteiger partial charge is 0.495 e. The van der Waals surface area contributed by atoms with Gasteiger partial charge in [0.2, 0.25) is 5.96 Å². The van der Waals surface area contributed by atoms with Gasteiger partial charge in [0.1, 0.15) is 5.75 Å². The maximum absolute atomic E-state index is 12.9. The summed E-state index contributed by atoms with van der Waals surface area (Å²) in [6.07, 6.45) is 0. The van der Waals surface area contributed by atoms with E-state index in [1.807, 2.05) is 43.7 Å². The van der Waals surface area contributed by atoms with Crippen molar-refractivity contribution in [1.82, 2.24) is 15.1 Å². The lowest BCUT2D eigenvalue weighted by Gasteiger charge is -2.15. The lowest BCUT2D eigenvalue weighted by Crippen LogP contribution is -2.36. The van der Waals surface area contributed by atoms with Crippen LogP contribution in [0.4, 0.5) is 5.69 Å². The minimum Gasteiger partial charge on any atom is -0.495 e. The summed E-state index contributed by atoms with van der Waals surface area (Å²) in [6, 6.07) is 12.5. The molecule has 7 nitrogen and oxygen atoms in total. The molecule has 8 heteroatoms. The lowest BCUT2D eigenvalue weighted by molar-refractivity contribution is 0.0977. The van der Waals surface area contributed by atoms with Gasteiger partial charge in [-0.1, -0.05) is 23.7 Å². The second kappa shape index (κ2) is 10.3. The highest BCUT2D eigenvalue weighted by atomic mass is 35.5. The summed E-state index contributed by atoms with van der Waals surface area (Å²) in [5.41, 5.74) is 5.19. The molecule has 168 valence electrons. The van der Waals surface area contributed by atoms with E-state index in [2.05, 4.69) is 27.6 Å². The maximum atomic E-state index is 12.9. The zero-order valence-corrected chi connectivity index (χ0v) is 19.7. The van der Waals surface area contributed by atoms with Crippen molar-refractivity contribution >= 4 is 29.2 Å². The Bertz CT molecular complexity index is 1150. The van der Waals surface area contributed by atoms with E-state index in [9.17, 15) is 4.79 Å². The van der Waals surface area contributed by atoms with Crippen LogP contribution < -0.4 is 15.4 Å². The third-order valence-corrected chi connectivity index (χ3v) is 5.39. The Morgan fingerprint density at radius 1 is 1.19 bits per heavy atom. The van der Waals surface area contributed by atoms with Gasteiger partial charge in [0.15, 0.2) is 0 Å². The summed E-state index contributed by atoms with van der Waals surface area (Å²) >= 11 is 6.05. The topological polar surface area (TPSA) is 80.5 Å². The summed E-state index contributed by atoms with van der Waals surface area (Å²) in [5.74, 6) is 0.636. The van der Waals surface area contributed by atoms with Crippen LogP contribution in [0.5, 0.6) is 5.75 Å². The first-order chi connectivity index (χ1) is 15.3. The van der Waals surface area contributed by atoms with E-state index in [1.54, 1.807) is 31.4 Å². The van der Waals surface area contributed by atoms with Crippen molar-refractivity contribution in [1.29, 1.82) is 0 Å². The molecule has 0 aliphatic carbocycles. The number of ether oxygens (including phenoxy) is 1. The van der Waals surface area contributed by atoms with Crippen LogP contribution >= 0.6 is 11.6 Å². The second-order valence-electron chi connectivity index (χ2n) is 7.42. The van der Waals surface area contributed by atoms with Crippen molar-refractivity contribution in [3.05, 3.63) is 75.6 Å².